The summed E-state index contributed by atoms with van der Waals surface area (Å²) in [5, 5.41) is 0. The molecule has 2 unspecified atom stereocenters. The molecule has 184 valence electrons. The van der Waals surface area contributed by atoms with Crippen LogP contribution in [0.5, 0.6) is 11.5 Å². The Bertz CT molecular complexity index is 1310. The van der Waals surface area contributed by atoms with Gasteiger partial charge in [-0.15, -0.1) is 0 Å². The van der Waals surface area contributed by atoms with Crippen molar-refractivity contribution in [1.82, 2.24) is 9.55 Å². The van der Waals surface area contributed by atoms with Crippen LogP contribution in [-0.4, -0.2) is 41.8 Å². The third-order valence-corrected chi connectivity index (χ3v) is 6.18. The Kier molecular flexibility index (Phi) is 6.84. The predicted molar refractivity (Wildman–Crippen MR) is 134 cm³/mol. The van der Waals surface area contributed by atoms with E-state index >= 15 is 0 Å². The first-order valence-electron chi connectivity index (χ1n) is 11.8. The Balaban J connectivity index is 1.35. The largest absolute Gasteiger partial charge is 0.497 e. The fraction of sp³-hybridized carbons (Fsp3) is 0.241. The van der Waals surface area contributed by atoms with Crippen LogP contribution in [-0.2, 0) is 21.8 Å². The minimum atomic E-state index is -1.00. The van der Waals surface area contributed by atoms with E-state index in [2.05, 4.69) is 4.98 Å². The number of hydrogen-bond acceptors (Lipinski definition) is 6. The number of nitrogens with zero attached hydrogens (tertiary/aromatic N) is 2. The van der Waals surface area contributed by atoms with Crippen LogP contribution in [0.2, 0.25) is 0 Å². The molecule has 2 atom stereocenters. The predicted octanol–water partition coefficient (Wildman–Crippen LogP) is 4.78. The number of ketones is 1. The minimum Gasteiger partial charge on any atom is -0.497 e. The molecule has 1 saturated heterocycles. The third kappa shape index (κ3) is 5.03. The number of ether oxygens (including phenoxy) is 4. The molecule has 1 fully saturated rings. The van der Waals surface area contributed by atoms with Gasteiger partial charge in [-0.25, -0.2) is 4.98 Å². The maximum absolute atomic E-state index is 13.2. The number of aromatic nitrogens is 2. The van der Waals surface area contributed by atoms with E-state index in [1.54, 1.807) is 19.6 Å². The van der Waals surface area contributed by atoms with Gasteiger partial charge in [-0.3, -0.25) is 4.79 Å². The summed E-state index contributed by atoms with van der Waals surface area (Å²) in [6.07, 6.45) is 4.99. The van der Waals surface area contributed by atoms with Crippen LogP contribution in [0.25, 0.3) is 0 Å². The van der Waals surface area contributed by atoms with E-state index in [9.17, 15) is 4.79 Å². The van der Waals surface area contributed by atoms with Gasteiger partial charge >= 0.3 is 0 Å². The number of methoxy groups -OCH3 is 1. The summed E-state index contributed by atoms with van der Waals surface area (Å²) in [7, 11) is 1.63. The van der Waals surface area contributed by atoms with Crippen LogP contribution in [0.4, 0.5) is 0 Å². The van der Waals surface area contributed by atoms with Gasteiger partial charge in [0.05, 0.1) is 32.2 Å². The molecule has 0 saturated carbocycles. The van der Waals surface area contributed by atoms with Gasteiger partial charge in [0.25, 0.3) is 0 Å². The number of hydrogen-bond donors (Lipinski definition) is 0. The Morgan fingerprint density at radius 2 is 1.92 bits per heavy atom. The molecule has 7 heteroatoms. The number of carbonyl (C=O) groups excluding carboxylic acids is 1. The van der Waals surface area contributed by atoms with Gasteiger partial charge in [0.15, 0.2) is 5.78 Å². The molecular weight excluding hydrogens is 456 g/mol. The molecule has 5 rings (SSSR count). The standard InChI is InChI=1S/C29H28N2O5/c1-21-8-13-27(26(16-21)28(32)22-6-4-3-5-7-22)34-17-25-18-35-29(36-25,19-31-15-14-30-20-31)23-9-11-24(33-2)12-10-23/h3-16,20,25H,17-19H2,1-2H3. The van der Waals surface area contributed by atoms with Gasteiger partial charge < -0.3 is 23.5 Å². The van der Waals surface area contributed by atoms with Crippen molar-refractivity contribution < 1.29 is 23.7 Å². The molecule has 3 aromatic carbocycles. The summed E-state index contributed by atoms with van der Waals surface area (Å²) < 4.78 is 26.2. The van der Waals surface area contributed by atoms with Crippen LogP contribution in [0.3, 0.4) is 0 Å². The number of benzene rings is 3. The van der Waals surface area contributed by atoms with Gasteiger partial charge in [-0.1, -0.05) is 42.0 Å². The highest BCUT2D eigenvalue weighted by Gasteiger charge is 2.44. The zero-order valence-corrected chi connectivity index (χ0v) is 20.3. The molecular formula is C29H28N2O5. The molecule has 7 nitrogen and oxygen atoms in total. The highest BCUT2D eigenvalue weighted by atomic mass is 16.8. The van der Waals surface area contributed by atoms with E-state index in [-0.39, 0.29) is 18.5 Å². The second kappa shape index (κ2) is 10.4. The topological polar surface area (TPSA) is 71.8 Å². The van der Waals surface area contributed by atoms with Gasteiger partial charge in [-0.2, -0.15) is 0 Å². The SMILES string of the molecule is COc1ccc(C2(Cn3ccnc3)OCC(COc3ccc(C)cc3C(=O)c3ccccc3)O2)cc1. The summed E-state index contributed by atoms with van der Waals surface area (Å²) in [6, 6.07) is 22.5. The lowest BCUT2D eigenvalue weighted by atomic mass is 10.0. The van der Waals surface area contributed by atoms with E-state index in [0.29, 0.717) is 30.0 Å². The lowest BCUT2D eigenvalue weighted by molar-refractivity contribution is -0.189. The fourth-order valence-corrected chi connectivity index (χ4v) is 4.31. The van der Waals surface area contributed by atoms with Crippen molar-refractivity contribution in [2.45, 2.75) is 25.4 Å². The maximum atomic E-state index is 13.2. The summed E-state index contributed by atoms with van der Waals surface area (Å²) >= 11 is 0. The van der Waals surface area contributed by atoms with E-state index < -0.39 is 5.79 Å². The number of rotatable bonds is 9. The maximum Gasteiger partial charge on any atom is 0.214 e. The quantitative estimate of drug-likeness (QED) is 0.319. The van der Waals surface area contributed by atoms with E-state index in [4.69, 9.17) is 18.9 Å². The number of aryl methyl sites for hydroxylation is 1. The number of carbonyl (C=O) groups is 1. The lowest BCUT2D eigenvalue weighted by Gasteiger charge is -2.29. The lowest BCUT2D eigenvalue weighted by Crippen LogP contribution is -2.34. The average molecular weight is 485 g/mol. The number of imidazole rings is 1. The van der Waals surface area contributed by atoms with Crippen LogP contribution in [0.15, 0.2) is 91.5 Å². The van der Waals surface area contributed by atoms with Crippen LogP contribution >= 0.6 is 0 Å². The van der Waals surface area contributed by atoms with Crippen molar-refractivity contribution in [3.05, 3.63) is 114 Å². The third-order valence-electron chi connectivity index (χ3n) is 6.18. The van der Waals surface area contributed by atoms with Gasteiger partial charge in [0.1, 0.15) is 24.2 Å². The molecule has 1 aliphatic heterocycles. The zero-order valence-electron chi connectivity index (χ0n) is 20.3. The first-order valence-corrected chi connectivity index (χ1v) is 11.8. The second-order valence-electron chi connectivity index (χ2n) is 8.77. The fourth-order valence-electron chi connectivity index (χ4n) is 4.31. The Hall–Kier alpha value is -3.94. The molecule has 0 amide bonds. The van der Waals surface area contributed by atoms with Gasteiger partial charge in [-0.05, 0) is 43.3 Å². The normalized spacial score (nSPS) is 19.2. The van der Waals surface area contributed by atoms with Crippen LogP contribution in [0, 0.1) is 6.92 Å². The summed E-state index contributed by atoms with van der Waals surface area (Å²) in [5.74, 6) is 0.196. The first kappa shape index (κ1) is 23.8. The first-order chi connectivity index (χ1) is 17.6. The van der Waals surface area contributed by atoms with Crippen molar-refractivity contribution >= 4 is 5.78 Å². The Labute approximate surface area is 210 Å². The molecule has 36 heavy (non-hydrogen) atoms. The molecule has 0 N–H and O–H groups in total. The van der Waals surface area contributed by atoms with Crippen molar-refractivity contribution in [2.24, 2.45) is 0 Å². The van der Waals surface area contributed by atoms with E-state index in [0.717, 1.165) is 16.9 Å². The monoisotopic (exact) mass is 484 g/mol. The van der Waals surface area contributed by atoms with E-state index in [1.165, 1.54) is 0 Å². The molecule has 0 spiro atoms. The van der Waals surface area contributed by atoms with Crippen molar-refractivity contribution in [2.75, 3.05) is 20.3 Å². The highest BCUT2D eigenvalue weighted by Crippen LogP contribution is 2.37. The minimum absolute atomic E-state index is 0.0782. The van der Waals surface area contributed by atoms with Crippen LogP contribution in [0.1, 0.15) is 27.0 Å². The average Bonchev–Trinajstić information content (AvgIpc) is 3.59. The summed E-state index contributed by atoms with van der Waals surface area (Å²) in [4.78, 5) is 17.3. The molecule has 0 bridgehead atoms. The Morgan fingerprint density at radius 1 is 1.11 bits per heavy atom. The zero-order chi connectivity index (χ0) is 25.0. The van der Waals surface area contributed by atoms with E-state index in [1.807, 2.05) is 90.5 Å². The molecule has 1 aliphatic rings. The highest BCUT2D eigenvalue weighted by molar-refractivity contribution is 6.10. The van der Waals surface area contributed by atoms with Crippen LogP contribution < -0.4 is 9.47 Å². The molecule has 4 aromatic rings. The van der Waals surface area contributed by atoms with Gasteiger partial charge in [0, 0.05) is 23.5 Å². The van der Waals surface area contributed by atoms with Gasteiger partial charge in [0.2, 0.25) is 5.79 Å². The Morgan fingerprint density at radius 3 is 2.64 bits per heavy atom. The van der Waals surface area contributed by atoms with Crippen molar-refractivity contribution in [1.29, 1.82) is 0 Å². The van der Waals surface area contributed by atoms with Crippen molar-refractivity contribution in [3.63, 3.8) is 0 Å². The molecule has 0 aliphatic carbocycles. The molecule has 1 aromatic heterocycles. The smallest absolute Gasteiger partial charge is 0.214 e. The van der Waals surface area contributed by atoms with Crippen molar-refractivity contribution in [3.8, 4) is 11.5 Å². The molecule has 2 heterocycles. The molecule has 0 radical (unpaired) electrons. The summed E-state index contributed by atoms with van der Waals surface area (Å²) in [6.45, 7) is 2.96. The second-order valence-corrected chi connectivity index (χ2v) is 8.77. The summed E-state index contributed by atoms with van der Waals surface area (Å²) in [5.41, 5.74) is 3.00.